The number of hydrogen-bond donors (Lipinski definition) is 1. The van der Waals surface area contributed by atoms with Crippen LogP contribution in [0.4, 0.5) is 10.6 Å². The summed E-state index contributed by atoms with van der Waals surface area (Å²) in [5, 5.41) is 2.82. The molecule has 0 saturated carbocycles. The summed E-state index contributed by atoms with van der Waals surface area (Å²) in [6.07, 6.45) is 1.05. The van der Waals surface area contributed by atoms with Crippen molar-refractivity contribution in [2.24, 2.45) is 0 Å². The molecular formula is C33H35N5O4. The molecule has 2 aromatic heterocycles. The van der Waals surface area contributed by atoms with Crippen LogP contribution in [0.1, 0.15) is 36.8 Å². The average Bonchev–Trinajstić information content (AvgIpc) is 3.34. The smallest absolute Gasteiger partial charge is 0.410 e. The summed E-state index contributed by atoms with van der Waals surface area (Å²) in [5.41, 5.74) is 3.20. The summed E-state index contributed by atoms with van der Waals surface area (Å²) in [7, 11) is 0. The SMILES string of the molecule is Cc1cc(C(=O)N2CCN(C(=O)OC(C)(C)C)CC2C(=O)Nc2ccccn2)c(-c2ccccc2)n1-c1ccccc1. The van der Waals surface area contributed by atoms with Gasteiger partial charge in [0.15, 0.2) is 0 Å². The molecule has 1 aliphatic heterocycles. The number of nitrogens with zero attached hydrogens (tertiary/aromatic N) is 4. The van der Waals surface area contributed by atoms with E-state index >= 15 is 0 Å². The Morgan fingerprint density at radius 1 is 0.905 bits per heavy atom. The number of aromatic nitrogens is 2. The Hall–Kier alpha value is -4.92. The fraction of sp³-hybridized carbons (Fsp3) is 0.273. The van der Waals surface area contributed by atoms with Gasteiger partial charge in [-0.2, -0.15) is 0 Å². The molecule has 5 rings (SSSR count). The molecule has 216 valence electrons. The third-order valence-electron chi connectivity index (χ3n) is 6.99. The molecule has 3 amide bonds. The van der Waals surface area contributed by atoms with E-state index in [0.717, 1.165) is 22.6 Å². The van der Waals surface area contributed by atoms with Crippen molar-refractivity contribution < 1.29 is 19.1 Å². The van der Waals surface area contributed by atoms with Gasteiger partial charge in [-0.05, 0) is 63.6 Å². The number of carbonyl (C=O) groups excluding carboxylic acids is 3. The summed E-state index contributed by atoms with van der Waals surface area (Å²) in [5.74, 6) is -0.368. The lowest BCUT2D eigenvalue weighted by Crippen LogP contribution is -2.61. The number of hydrogen-bond acceptors (Lipinski definition) is 5. The molecule has 1 fully saturated rings. The van der Waals surface area contributed by atoms with E-state index in [2.05, 4.69) is 14.9 Å². The molecule has 4 aromatic rings. The molecule has 9 heteroatoms. The third kappa shape index (κ3) is 6.20. The van der Waals surface area contributed by atoms with Crippen LogP contribution >= 0.6 is 0 Å². The predicted octanol–water partition coefficient (Wildman–Crippen LogP) is 5.55. The number of benzene rings is 2. The zero-order valence-corrected chi connectivity index (χ0v) is 24.3. The van der Waals surface area contributed by atoms with E-state index < -0.39 is 23.6 Å². The van der Waals surface area contributed by atoms with Gasteiger partial charge in [-0.1, -0.05) is 54.6 Å². The third-order valence-corrected chi connectivity index (χ3v) is 6.99. The summed E-state index contributed by atoms with van der Waals surface area (Å²) in [4.78, 5) is 48.4. The normalized spacial score (nSPS) is 15.3. The van der Waals surface area contributed by atoms with Crippen molar-refractivity contribution in [2.75, 3.05) is 25.0 Å². The molecule has 1 N–H and O–H groups in total. The maximum absolute atomic E-state index is 14.4. The fourth-order valence-electron chi connectivity index (χ4n) is 5.14. The van der Waals surface area contributed by atoms with Gasteiger partial charge in [0.25, 0.3) is 5.91 Å². The molecule has 1 aliphatic rings. The molecule has 42 heavy (non-hydrogen) atoms. The number of piperazine rings is 1. The van der Waals surface area contributed by atoms with E-state index in [1.54, 1.807) is 50.1 Å². The molecule has 3 heterocycles. The van der Waals surface area contributed by atoms with Gasteiger partial charge in [-0.3, -0.25) is 9.59 Å². The number of amides is 3. The minimum atomic E-state index is -0.968. The quantitative estimate of drug-likeness (QED) is 0.342. The summed E-state index contributed by atoms with van der Waals surface area (Å²) in [6.45, 7) is 7.71. The first-order chi connectivity index (χ1) is 20.1. The topological polar surface area (TPSA) is 96.8 Å². The van der Waals surface area contributed by atoms with Crippen LogP contribution in [0.2, 0.25) is 0 Å². The molecule has 9 nitrogen and oxygen atoms in total. The molecule has 0 bridgehead atoms. The van der Waals surface area contributed by atoms with E-state index in [9.17, 15) is 14.4 Å². The second-order valence-corrected chi connectivity index (χ2v) is 11.2. The van der Waals surface area contributed by atoms with Gasteiger partial charge in [0.1, 0.15) is 17.5 Å². The Morgan fingerprint density at radius 3 is 2.21 bits per heavy atom. The van der Waals surface area contributed by atoms with Gasteiger partial charge in [0.05, 0.1) is 17.8 Å². The lowest BCUT2D eigenvalue weighted by molar-refractivity contribution is -0.122. The Bertz CT molecular complexity index is 1560. The Labute approximate surface area is 245 Å². The number of nitrogens with one attached hydrogen (secondary N) is 1. The highest BCUT2D eigenvalue weighted by Crippen LogP contribution is 2.32. The number of rotatable bonds is 5. The van der Waals surface area contributed by atoms with Gasteiger partial charge in [-0.25, -0.2) is 9.78 Å². The van der Waals surface area contributed by atoms with Crippen molar-refractivity contribution in [2.45, 2.75) is 39.3 Å². The summed E-state index contributed by atoms with van der Waals surface area (Å²) >= 11 is 0. The van der Waals surface area contributed by atoms with Crippen LogP contribution in [-0.2, 0) is 9.53 Å². The average molecular weight is 566 g/mol. The van der Waals surface area contributed by atoms with E-state index in [1.807, 2.05) is 73.7 Å². The fourth-order valence-corrected chi connectivity index (χ4v) is 5.14. The van der Waals surface area contributed by atoms with Crippen LogP contribution in [0.25, 0.3) is 16.9 Å². The molecule has 0 spiro atoms. The number of para-hydroxylation sites is 1. The van der Waals surface area contributed by atoms with Crippen LogP contribution in [-0.4, -0.2) is 68.5 Å². The lowest BCUT2D eigenvalue weighted by Gasteiger charge is -2.40. The molecule has 0 aliphatic carbocycles. The molecule has 0 radical (unpaired) electrons. The molecular weight excluding hydrogens is 530 g/mol. The van der Waals surface area contributed by atoms with Crippen molar-refractivity contribution in [1.29, 1.82) is 0 Å². The molecule has 1 saturated heterocycles. The number of aryl methyl sites for hydroxylation is 1. The van der Waals surface area contributed by atoms with Gasteiger partial charge in [-0.15, -0.1) is 0 Å². The lowest BCUT2D eigenvalue weighted by atomic mass is 10.0. The minimum Gasteiger partial charge on any atom is -0.444 e. The standard InChI is InChI=1S/C33H35N5O4/c1-23-21-26(29(24-13-7-5-8-14-24)38(23)25-15-9-6-10-16-25)31(40)37-20-19-36(32(41)42-33(2,3)4)22-27(37)30(39)35-28-17-11-12-18-34-28/h5-18,21,27H,19-20,22H2,1-4H3,(H,34,35,39). The second kappa shape index (κ2) is 11.9. The first-order valence-electron chi connectivity index (χ1n) is 14.0. The zero-order valence-electron chi connectivity index (χ0n) is 24.3. The predicted molar refractivity (Wildman–Crippen MR) is 161 cm³/mol. The van der Waals surface area contributed by atoms with Gasteiger partial charge >= 0.3 is 6.09 Å². The molecule has 2 aromatic carbocycles. The van der Waals surface area contributed by atoms with Crippen molar-refractivity contribution in [3.05, 3.63) is 102 Å². The molecule has 1 unspecified atom stereocenters. The highest BCUT2D eigenvalue weighted by Gasteiger charge is 2.40. The van der Waals surface area contributed by atoms with Crippen LogP contribution in [0.15, 0.2) is 91.1 Å². The number of carbonyl (C=O) groups is 3. The minimum absolute atomic E-state index is 0.0155. The Morgan fingerprint density at radius 2 is 1.57 bits per heavy atom. The van der Waals surface area contributed by atoms with Gasteiger partial charge in [0, 0.05) is 30.7 Å². The summed E-state index contributed by atoms with van der Waals surface area (Å²) in [6, 6.07) is 25.7. The summed E-state index contributed by atoms with van der Waals surface area (Å²) < 4.78 is 7.64. The maximum atomic E-state index is 14.4. The van der Waals surface area contributed by atoms with Crippen molar-refractivity contribution >= 4 is 23.7 Å². The zero-order chi connectivity index (χ0) is 29.9. The second-order valence-electron chi connectivity index (χ2n) is 11.2. The molecule has 1 atom stereocenters. The van der Waals surface area contributed by atoms with E-state index in [0.29, 0.717) is 11.4 Å². The van der Waals surface area contributed by atoms with E-state index in [1.165, 1.54) is 4.90 Å². The number of pyridine rings is 1. The van der Waals surface area contributed by atoms with E-state index in [-0.39, 0.29) is 25.5 Å². The van der Waals surface area contributed by atoms with Crippen LogP contribution in [0, 0.1) is 6.92 Å². The van der Waals surface area contributed by atoms with Crippen molar-refractivity contribution in [1.82, 2.24) is 19.4 Å². The van der Waals surface area contributed by atoms with E-state index in [4.69, 9.17) is 4.74 Å². The van der Waals surface area contributed by atoms with Crippen LogP contribution in [0.3, 0.4) is 0 Å². The monoisotopic (exact) mass is 565 g/mol. The van der Waals surface area contributed by atoms with Gasteiger partial charge in [0.2, 0.25) is 5.91 Å². The number of anilines is 1. The Kier molecular flexibility index (Phi) is 8.10. The van der Waals surface area contributed by atoms with Crippen LogP contribution < -0.4 is 5.32 Å². The van der Waals surface area contributed by atoms with Crippen molar-refractivity contribution in [3.8, 4) is 16.9 Å². The first-order valence-corrected chi connectivity index (χ1v) is 14.0. The number of ether oxygens (including phenoxy) is 1. The van der Waals surface area contributed by atoms with Gasteiger partial charge < -0.3 is 24.4 Å². The Balaban J connectivity index is 1.54. The van der Waals surface area contributed by atoms with Crippen LogP contribution in [0.5, 0.6) is 0 Å². The highest BCUT2D eigenvalue weighted by atomic mass is 16.6. The first kappa shape index (κ1) is 28.6. The van der Waals surface area contributed by atoms with Crippen molar-refractivity contribution in [3.63, 3.8) is 0 Å². The maximum Gasteiger partial charge on any atom is 0.410 e. The largest absolute Gasteiger partial charge is 0.444 e. The highest BCUT2D eigenvalue weighted by molar-refractivity contribution is 6.05.